The fourth-order valence-electron chi connectivity index (χ4n) is 1.27. The molecule has 0 radical (unpaired) electrons. The highest BCUT2D eigenvalue weighted by molar-refractivity contribution is 5.38. The molecule has 1 N–H and O–H groups in total. The van der Waals surface area contributed by atoms with Gasteiger partial charge in [0.25, 0.3) is 0 Å². The predicted octanol–water partition coefficient (Wildman–Crippen LogP) is 2.37. The molecule has 1 aromatic heterocycles. The van der Waals surface area contributed by atoms with Crippen molar-refractivity contribution in [3.05, 3.63) is 54.1 Å². The molecule has 0 amide bonds. The molecule has 1 aromatic carbocycles. The molecule has 0 atom stereocenters. The second-order valence-electron chi connectivity index (χ2n) is 3.19. The highest BCUT2D eigenvalue weighted by atomic mass is 19.2. The van der Waals surface area contributed by atoms with Crippen LogP contribution in [0.25, 0.3) is 0 Å². The molecular weight excluding hydrogens is 212 g/mol. The Kier molecular flexibility index (Phi) is 3.05. The van der Waals surface area contributed by atoms with Crippen LogP contribution < -0.4 is 5.32 Å². The third kappa shape index (κ3) is 2.31. The molecule has 0 spiro atoms. The lowest BCUT2D eigenvalue weighted by Crippen LogP contribution is -2.03. The molecule has 0 aliphatic rings. The monoisotopic (exact) mass is 221 g/mol. The molecule has 0 saturated heterocycles. The average molecular weight is 221 g/mol. The molecule has 2 aromatic rings. The summed E-state index contributed by atoms with van der Waals surface area (Å²) < 4.78 is 26.1. The lowest BCUT2D eigenvalue weighted by Gasteiger charge is -2.06. The van der Waals surface area contributed by atoms with Crippen molar-refractivity contribution in [3.63, 3.8) is 0 Å². The summed E-state index contributed by atoms with van der Waals surface area (Å²) >= 11 is 0. The molecule has 1 heterocycles. The Labute approximate surface area is 91.2 Å². The Morgan fingerprint density at radius 3 is 2.62 bits per heavy atom. The molecule has 0 aliphatic carbocycles. The first-order valence-electron chi connectivity index (χ1n) is 4.69. The Morgan fingerprint density at radius 2 is 1.88 bits per heavy atom. The van der Waals surface area contributed by atoms with Crippen LogP contribution in [0.4, 0.5) is 14.5 Å². The van der Waals surface area contributed by atoms with Crippen molar-refractivity contribution in [1.82, 2.24) is 9.97 Å². The van der Waals surface area contributed by atoms with Gasteiger partial charge in [-0.1, -0.05) is 12.1 Å². The van der Waals surface area contributed by atoms with Gasteiger partial charge in [0.2, 0.25) is 0 Å². The van der Waals surface area contributed by atoms with Gasteiger partial charge in [-0.2, -0.15) is 0 Å². The molecule has 2 rings (SSSR count). The zero-order chi connectivity index (χ0) is 11.4. The predicted molar refractivity (Wildman–Crippen MR) is 55.7 cm³/mol. The molecule has 0 aliphatic heterocycles. The van der Waals surface area contributed by atoms with Crippen LogP contribution in [0.15, 0.2) is 36.9 Å². The number of anilines is 1. The summed E-state index contributed by atoms with van der Waals surface area (Å²) in [6, 6.07) is 4.08. The molecule has 16 heavy (non-hydrogen) atoms. The first kappa shape index (κ1) is 10.5. The van der Waals surface area contributed by atoms with Crippen LogP contribution in [0, 0.1) is 11.6 Å². The van der Waals surface area contributed by atoms with Gasteiger partial charge in [0.1, 0.15) is 6.33 Å². The summed E-state index contributed by atoms with van der Waals surface area (Å²) in [7, 11) is 0. The van der Waals surface area contributed by atoms with Gasteiger partial charge in [0.15, 0.2) is 11.6 Å². The van der Waals surface area contributed by atoms with Crippen molar-refractivity contribution in [2.45, 2.75) is 6.54 Å². The first-order chi connectivity index (χ1) is 7.77. The molecular formula is C11H9F2N3. The minimum Gasteiger partial charge on any atom is -0.378 e. The first-order valence-corrected chi connectivity index (χ1v) is 4.69. The number of aromatic nitrogens is 2. The van der Waals surface area contributed by atoms with Crippen molar-refractivity contribution >= 4 is 5.69 Å². The number of benzene rings is 1. The van der Waals surface area contributed by atoms with E-state index in [1.165, 1.54) is 18.5 Å². The maximum atomic E-state index is 13.3. The Balaban J connectivity index is 2.08. The number of rotatable bonds is 3. The van der Waals surface area contributed by atoms with Crippen LogP contribution >= 0.6 is 0 Å². The standard InChI is InChI=1S/C11H9F2N3/c12-10-3-1-2-8(11(10)13)4-16-9-5-14-7-15-6-9/h1-3,5-7,16H,4H2. The SMILES string of the molecule is Fc1cccc(CNc2cncnc2)c1F. The lowest BCUT2D eigenvalue weighted by atomic mass is 10.2. The lowest BCUT2D eigenvalue weighted by molar-refractivity contribution is 0.500. The van der Waals surface area contributed by atoms with Crippen LogP contribution in [-0.2, 0) is 6.54 Å². The normalized spacial score (nSPS) is 10.1. The van der Waals surface area contributed by atoms with Crippen LogP contribution in [0.5, 0.6) is 0 Å². The van der Waals surface area contributed by atoms with E-state index in [9.17, 15) is 8.78 Å². The summed E-state index contributed by atoms with van der Waals surface area (Å²) in [5.41, 5.74) is 0.926. The van der Waals surface area contributed by atoms with Crippen molar-refractivity contribution in [2.24, 2.45) is 0 Å². The van der Waals surface area contributed by atoms with E-state index >= 15 is 0 Å². The topological polar surface area (TPSA) is 37.8 Å². The molecule has 5 heteroatoms. The van der Waals surface area contributed by atoms with E-state index < -0.39 is 11.6 Å². The summed E-state index contributed by atoms with van der Waals surface area (Å²) in [5.74, 6) is -1.67. The number of nitrogens with zero attached hydrogens (tertiary/aromatic N) is 2. The zero-order valence-corrected chi connectivity index (χ0v) is 8.32. The van der Waals surface area contributed by atoms with Crippen LogP contribution in [0.2, 0.25) is 0 Å². The molecule has 82 valence electrons. The van der Waals surface area contributed by atoms with E-state index in [2.05, 4.69) is 15.3 Å². The molecule has 0 bridgehead atoms. The Bertz CT molecular complexity index is 474. The van der Waals surface area contributed by atoms with Crippen molar-refractivity contribution in [1.29, 1.82) is 0 Å². The van der Waals surface area contributed by atoms with E-state index in [1.807, 2.05) is 0 Å². The van der Waals surface area contributed by atoms with Crippen molar-refractivity contribution in [3.8, 4) is 0 Å². The van der Waals surface area contributed by atoms with Crippen LogP contribution in [0.3, 0.4) is 0 Å². The average Bonchev–Trinajstić information content (AvgIpc) is 2.32. The summed E-state index contributed by atoms with van der Waals surface area (Å²) in [4.78, 5) is 7.59. The van der Waals surface area contributed by atoms with Crippen molar-refractivity contribution < 1.29 is 8.78 Å². The third-order valence-electron chi connectivity index (χ3n) is 2.08. The highest BCUT2D eigenvalue weighted by Crippen LogP contribution is 2.13. The van der Waals surface area contributed by atoms with Crippen molar-refractivity contribution in [2.75, 3.05) is 5.32 Å². The van der Waals surface area contributed by atoms with Gasteiger partial charge in [0, 0.05) is 12.1 Å². The number of nitrogens with one attached hydrogen (secondary N) is 1. The minimum absolute atomic E-state index is 0.191. The van der Waals surface area contributed by atoms with E-state index in [0.717, 1.165) is 6.07 Å². The van der Waals surface area contributed by atoms with E-state index in [-0.39, 0.29) is 12.1 Å². The smallest absolute Gasteiger partial charge is 0.163 e. The highest BCUT2D eigenvalue weighted by Gasteiger charge is 2.06. The van der Waals surface area contributed by atoms with Gasteiger partial charge < -0.3 is 5.32 Å². The summed E-state index contributed by atoms with van der Waals surface area (Å²) in [6.45, 7) is 0.191. The molecule has 0 unspecified atom stereocenters. The van der Waals surface area contributed by atoms with Crippen LogP contribution in [0.1, 0.15) is 5.56 Å². The van der Waals surface area contributed by atoms with Gasteiger partial charge in [0.05, 0.1) is 18.1 Å². The van der Waals surface area contributed by atoms with E-state index in [1.54, 1.807) is 12.4 Å². The molecule has 0 saturated carbocycles. The Hall–Kier alpha value is -2.04. The van der Waals surface area contributed by atoms with E-state index in [4.69, 9.17) is 0 Å². The summed E-state index contributed by atoms with van der Waals surface area (Å²) in [6.07, 6.45) is 4.52. The van der Waals surface area contributed by atoms with Gasteiger partial charge in [-0.25, -0.2) is 18.7 Å². The third-order valence-corrected chi connectivity index (χ3v) is 2.08. The Morgan fingerprint density at radius 1 is 1.12 bits per heavy atom. The van der Waals surface area contributed by atoms with Gasteiger partial charge in [-0.05, 0) is 6.07 Å². The largest absolute Gasteiger partial charge is 0.378 e. The summed E-state index contributed by atoms with van der Waals surface area (Å²) in [5, 5.41) is 2.90. The van der Waals surface area contributed by atoms with Gasteiger partial charge in [-0.15, -0.1) is 0 Å². The fourth-order valence-corrected chi connectivity index (χ4v) is 1.27. The molecule has 0 fully saturated rings. The van der Waals surface area contributed by atoms with Crippen LogP contribution in [-0.4, -0.2) is 9.97 Å². The van der Waals surface area contributed by atoms with E-state index in [0.29, 0.717) is 5.69 Å². The fraction of sp³-hybridized carbons (Fsp3) is 0.0909. The number of halogens is 2. The maximum absolute atomic E-state index is 13.3. The van der Waals surface area contributed by atoms with Gasteiger partial charge in [-0.3, -0.25) is 0 Å². The number of hydrogen-bond acceptors (Lipinski definition) is 3. The maximum Gasteiger partial charge on any atom is 0.163 e. The second kappa shape index (κ2) is 4.65. The zero-order valence-electron chi connectivity index (χ0n) is 8.32. The number of hydrogen-bond donors (Lipinski definition) is 1. The quantitative estimate of drug-likeness (QED) is 0.864. The molecule has 3 nitrogen and oxygen atoms in total. The minimum atomic E-state index is -0.844. The van der Waals surface area contributed by atoms with Gasteiger partial charge >= 0.3 is 0 Å². The second-order valence-corrected chi connectivity index (χ2v) is 3.19.